The van der Waals surface area contributed by atoms with Gasteiger partial charge in [-0.1, -0.05) is 0 Å². The Morgan fingerprint density at radius 3 is 2.82 bits per heavy atom. The highest BCUT2D eigenvalue weighted by atomic mass is 16.5. The Kier molecular flexibility index (Phi) is 4.29. The van der Waals surface area contributed by atoms with E-state index in [2.05, 4.69) is 5.10 Å². The van der Waals surface area contributed by atoms with E-state index in [9.17, 15) is 9.59 Å². The first-order valence-corrected chi connectivity index (χ1v) is 8.02. The van der Waals surface area contributed by atoms with Crippen LogP contribution in [0.1, 0.15) is 49.4 Å². The Morgan fingerprint density at radius 2 is 2.18 bits per heavy atom. The second-order valence-electron chi connectivity index (χ2n) is 6.37. The summed E-state index contributed by atoms with van der Waals surface area (Å²) in [6.45, 7) is 2.73. The number of hydrogen-bond acceptors (Lipinski definition) is 4. The first-order valence-electron chi connectivity index (χ1n) is 8.02. The van der Waals surface area contributed by atoms with E-state index in [4.69, 9.17) is 4.74 Å². The van der Waals surface area contributed by atoms with Gasteiger partial charge in [-0.05, 0) is 32.6 Å². The summed E-state index contributed by atoms with van der Waals surface area (Å²) in [7, 11) is 1.79. The Balaban J connectivity index is 1.63. The average Bonchev–Trinajstić information content (AvgIpc) is 3.19. The predicted octanol–water partition coefficient (Wildman–Crippen LogP) is 1.55. The largest absolute Gasteiger partial charge is 0.365 e. The van der Waals surface area contributed by atoms with Crippen LogP contribution in [0.3, 0.4) is 0 Å². The van der Waals surface area contributed by atoms with Gasteiger partial charge in [-0.3, -0.25) is 14.3 Å². The first kappa shape index (κ1) is 15.2. The smallest absolute Gasteiger partial charge is 0.251 e. The van der Waals surface area contributed by atoms with Crippen molar-refractivity contribution < 1.29 is 14.3 Å². The monoisotopic (exact) mass is 305 g/mol. The van der Waals surface area contributed by atoms with Crippen LogP contribution in [0.2, 0.25) is 0 Å². The van der Waals surface area contributed by atoms with Crippen molar-refractivity contribution in [2.75, 3.05) is 6.54 Å². The summed E-state index contributed by atoms with van der Waals surface area (Å²) < 4.78 is 7.31. The van der Waals surface area contributed by atoms with E-state index in [1.165, 1.54) is 0 Å². The molecular formula is C16H23N3O3. The number of amides is 1. The third-order valence-corrected chi connectivity index (χ3v) is 4.62. The van der Waals surface area contributed by atoms with Crippen LogP contribution in [-0.2, 0) is 16.6 Å². The number of rotatable bonds is 4. The molecule has 2 aliphatic heterocycles. The molecule has 22 heavy (non-hydrogen) atoms. The molecule has 2 saturated heterocycles. The molecule has 3 rings (SSSR count). The van der Waals surface area contributed by atoms with Crippen molar-refractivity contribution in [3.05, 3.63) is 18.0 Å². The molecule has 6 nitrogen and oxygen atoms in total. The summed E-state index contributed by atoms with van der Waals surface area (Å²) in [5.74, 6) is 0.115. The van der Waals surface area contributed by atoms with Gasteiger partial charge in [0.1, 0.15) is 6.10 Å². The third-order valence-electron chi connectivity index (χ3n) is 4.62. The van der Waals surface area contributed by atoms with Gasteiger partial charge in [-0.2, -0.15) is 5.10 Å². The van der Waals surface area contributed by atoms with Gasteiger partial charge in [0.2, 0.25) is 0 Å². The van der Waals surface area contributed by atoms with Crippen LogP contribution in [0.25, 0.3) is 0 Å². The maximum atomic E-state index is 12.6. The van der Waals surface area contributed by atoms with E-state index < -0.39 is 0 Å². The third kappa shape index (κ3) is 3.06. The van der Waals surface area contributed by atoms with Crippen molar-refractivity contribution in [3.63, 3.8) is 0 Å². The molecule has 6 heteroatoms. The highest BCUT2D eigenvalue weighted by Crippen LogP contribution is 2.27. The number of carbonyl (C=O) groups is 2. The van der Waals surface area contributed by atoms with Crippen molar-refractivity contribution >= 4 is 11.7 Å². The highest BCUT2D eigenvalue weighted by molar-refractivity contribution is 5.96. The molecule has 3 heterocycles. The molecule has 2 fully saturated rings. The molecule has 0 bridgehead atoms. The van der Waals surface area contributed by atoms with Gasteiger partial charge >= 0.3 is 0 Å². The second-order valence-corrected chi connectivity index (χ2v) is 6.37. The van der Waals surface area contributed by atoms with E-state index in [-0.39, 0.29) is 29.9 Å². The molecule has 120 valence electrons. The number of ether oxygens (including phenoxy) is 1. The molecule has 2 aliphatic rings. The van der Waals surface area contributed by atoms with E-state index >= 15 is 0 Å². The van der Waals surface area contributed by atoms with Gasteiger partial charge in [0.15, 0.2) is 5.78 Å². The SMILES string of the molecule is C[C@@H]1CC[C@@H](C(=O)N2CCC[C@H]2CC(=O)c2cnn(C)c2)O1. The number of aryl methyl sites for hydroxylation is 1. The van der Waals surface area contributed by atoms with Gasteiger partial charge in [0, 0.05) is 32.3 Å². The standard InChI is InChI=1S/C16H23N3O3/c1-11-5-6-15(22-11)16(21)19-7-3-4-13(19)8-14(20)12-9-17-18(2)10-12/h9-11,13,15H,3-8H2,1-2H3/t11-,13+,15+/m1/s1. The molecular weight excluding hydrogens is 282 g/mol. The van der Waals surface area contributed by atoms with Crippen LogP contribution in [-0.4, -0.2) is 51.2 Å². The summed E-state index contributed by atoms with van der Waals surface area (Å²) in [6.07, 6.45) is 7.11. The Bertz CT molecular complexity index is 569. The molecule has 0 aliphatic carbocycles. The highest BCUT2D eigenvalue weighted by Gasteiger charge is 2.37. The van der Waals surface area contributed by atoms with E-state index in [1.807, 2.05) is 11.8 Å². The molecule has 1 amide bonds. The second kappa shape index (κ2) is 6.20. The van der Waals surface area contributed by atoms with Crippen molar-refractivity contribution in [2.45, 2.75) is 57.3 Å². The van der Waals surface area contributed by atoms with E-state index in [0.717, 1.165) is 32.2 Å². The van der Waals surface area contributed by atoms with Crippen LogP contribution >= 0.6 is 0 Å². The Labute approximate surface area is 130 Å². The zero-order valence-corrected chi connectivity index (χ0v) is 13.2. The topological polar surface area (TPSA) is 64.4 Å². The zero-order valence-electron chi connectivity index (χ0n) is 13.2. The molecule has 0 saturated carbocycles. The Morgan fingerprint density at radius 1 is 1.36 bits per heavy atom. The van der Waals surface area contributed by atoms with E-state index in [1.54, 1.807) is 24.1 Å². The summed E-state index contributed by atoms with van der Waals surface area (Å²) >= 11 is 0. The van der Waals surface area contributed by atoms with Crippen molar-refractivity contribution in [1.29, 1.82) is 0 Å². The molecule has 0 spiro atoms. The first-order chi connectivity index (χ1) is 10.5. The maximum Gasteiger partial charge on any atom is 0.251 e. The number of hydrogen-bond donors (Lipinski definition) is 0. The molecule has 0 aromatic carbocycles. The van der Waals surface area contributed by atoms with Crippen LogP contribution in [0, 0.1) is 0 Å². The molecule has 1 aromatic heterocycles. The Hall–Kier alpha value is -1.69. The van der Waals surface area contributed by atoms with Crippen LogP contribution in [0.4, 0.5) is 0 Å². The lowest BCUT2D eigenvalue weighted by Gasteiger charge is -2.26. The number of carbonyl (C=O) groups excluding carboxylic acids is 2. The normalized spacial score (nSPS) is 28.3. The molecule has 1 aromatic rings. The fourth-order valence-electron chi connectivity index (χ4n) is 3.40. The van der Waals surface area contributed by atoms with E-state index in [0.29, 0.717) is 12.0 Å². The van der Waals surface area contributed by atoms with Crippen molar-refractivity contribution in [3.8, 4) is 0 Å². The number of ketones is 1. The number of Topliss-reactive ketones (excluding diaryl/α,β-unsaturated/α-hetero) is 1. The number of likely N-dealkylation sites (tertiary alicyclic amines) is 1. The lowest BCUT2D eigenvalue weighted by atomic mass is 10.0. The zero-order chi connectivity index (χ0) is 15.7. The fourth-order valence-corrected chi connectivity index (χ4v) is 3.40. The summed E-state index contributed by atoms with van der Waals surface area (Å²) in [5, 5.41) is 4.03. The van der Waals surface area contributed by atoms with Gasteiger partial charge in [0.25, 0.3) is 5.91 Å². The lowest BCUT2D eigenvalue weighted by molar-refractivity contribution is -0.143. The van der Waals surface area contributed by atoms with Crippen LogP contribution in [0.5, 0.6) is 0 Å². The summed E-state index contributed by atoms with van der Waals surface area (Å²) in [6, 6.07) is -0.000266. The number of aromatic nitrogens is 2. The average molecular weight is 305 g/mol. The lowest BCUT2D eigenvalue weighted by Crippen LogP contribution is -2.42. The minimum Gasteiger partial charge on any atom is -0.365 e. The fraction of sp³-hybridized carbons (Fsp3) is 0.688. The van der Waals surface area contributed by atoms with Gasteiger partial charge in [-0.25, -0.2) is 0 Å². The summed E-state index contributed by atoms with van der Waals surface area (Å²) in [4.78, 5) is 26.8. The van der Waals surface area contributed by atoms with Crippen molar-refractivity contribution in [1.82, 2.24) is 14.7 Å². The molecule has 0 N–H and O–H groups in total. The quantitative estimate of drug-likeness (QED) is 0.792. The van der Waals surface area contributed by atoms with Gasteiger partial charge < -0.3 is 9.64 Å². The van der Waals surface area contributed by atoms with Gasteiger partial charge in [0.05, 0.1) is 17.9 Å². The maximum absolute atomic E-state index is 12.6. The molecule has 3 atom stereocenters. The minimum absolute atomic E-state index is 0.000266. The van der Waals surface area contributed by atoms with Crippen molar-refractivity contribution in [2.24, 2.45) is 7.05 Å². The van der Waals surface area contributed by atoms with Crippen LogP contribution < -0.4 is 0 Å². The predicted molar refractivity (Wildman–Crippen MR) is 80.5 cm³/mol. The molecule has 0 unspecified atom stereocenters. The number of nitrogens with zero attached hydrogens (tertiary/aromatic N) is 3. The minimum atomic E-state index is -0.316. The molecule has 0 radical (unpaired) electrons. The summed E-state index contributed by atoms with van der Waals surface area (Å²) in [5.41, 5.74) is 0.618. The van der Waals surface area contributed by atoms with Crippen LogP contribution in [0.15, 0.2) is 12.4 Å². The van der Waals surface area contributed by atoms with Gasteiger partial charge in [-0.15, -0.1) is 0 Å².